The van der Waals surface area contributed by atoms with E-state index in [1.54, 1.807) is 26.0 Å². The van der Waals surface area contributed by atoms with Gasteiger partial charge in [-0.05, 0) is 26.0 Å². The van der Waals surface area contributed by atoms with Crippen LogP contribution >= 0.6 is 7.60 Å². The number of hydrazine groups is 1. The van der Waals surface area contributed by atoms with E-state index in [9.17, 15) is 4.57 Å². The zero-order valence-corrected chi connectivity index (χ0v) is 10.3. The molecule has 0 saturated carbocycles. The van der Waals surface area contributed by atoms with Crippen LogP contribution in [-0.2, 0) is 13.6 Å². The van der Waals surface area contributed by atoms with Crippen molar-refractivity contribution in [3.8, 4) is 0 Å². The molecule has 1 rings (SSSR count). The summed E-state index contributed by atoms with van der Waals surface area (Å²) in [7, 11) is -3.35. The highest BCUT2D eigenvalue weighted by Crippen LogP contribution is 2.59. The third-order valence-corrected chi connectivity index (χ3v) is 4.18. The van der Waals surface area contributed by atoms with Gasteiger partial charge in [-0.1, -0.05) is 0 Å². The third-order valence-electron chi connectivity index (χ3n) is 1.90. The third kappa shape index (κ3) is 2.93. The summed E-state index contributed by atoms with van der Waals surface area (Å²) in [5, 5.41) is 0. The normalized spacial score (nSPS) is 13.9. The molecule has 0 spiro atoms. The topological polar surface area (TPSA) is 86.7 Å². The molecule has 3 N–H and O–H groups in total. The Labute approximate surface area is 94.6 Å². The molecule has 0 saturated heterocycles. The van der Waals surface area contributed by atoms with Gasteiger partial charge in [-0.25, -0.2) is 5.43 Å². The van der Waals surface area contributed by atoms with E-state index in [1.165, 1.54) is 6.26 Å². The van der Waals surface area contributed by atoms with Crippen molar-refractivity contribution in [1.82, 2.24) is 5.43 Å². The molecule has 0 aliphatic heterocycles. The number of nitrogens with one attached hydrogen (secondary N) is 1. The van der Waals surface area contributed by atoms with E-state index in [4.69, 9.17) is 19.3 Å². The van der Waals surface area contributed by atoms with Crippen LogP contribution in [0.5, 0.6) is 0 Å². The fourth-order valence-electron chi connectivity index (χ4n) is 1.32. The van der Waals surface area contributed by atoms with Crippen LogP contribution in [0.25, 0.3) is 0 Å². The minimum absolute atomic E-state index is 0.274. The Balaban J connectivity index is 2.94. The van der Waals surface area contributed by atoms with Crippen molar-refractivity contribution in [2.24, 2.45) is 5.84 Å². The van der Waals surface area contributed by atoms with Gasteiger partial charge < -0.3 is 13.5 Å². The molecule has 0 amide bonds. The second-order valence-corrected chi connectivity index (χ2v) is 5.07. The van der Waals surface area contributed by atoms with Crippen LogP contribution in [-0.4, -0.2) is 13.2 Å². The van der Waals surface area contributed by atoms with E-state index >= 15 is 0 Å². The van der Waals surface area contributed by atoms with Gasteiger partial charge in [0.25, 0.3) is 0 Å². The van der Waals surface area contributed by atoms with E-state index in [-0.39, 0.29) is 13.2 Å². The first-order valence-electron chi connectivity index (χ1n) is 5.06. The summed E-state index contributed by atoms with van der Waals surface area (Å²) in [5.74, 6) is 5.00. The number of furan rings is 1. The van der Waals surface area contributed by atoms with Gasteiger partial charge in [0.05, 0.1) is 19.5 Å². The van der Waals surface area contributed by atoms with Gasteiger partial charge >= 0.3 is 7.60 Å². The van der Waals surface area contributed by atoms with Gasteiger partial charge in [0.2, 0.25) is 0 Å². The first-order chi connectivity index (χ1) is 7.68. The summed E-state index contributed by atoms with van der Waals surface area (Å²) in [6.45, 7) is 4.02. The standard InChI is InChI=1S/C9H17N2O4P/c1-3-14-16(12,15-4-2)9(11-10)8-6-5-7-13-8/h5-7,9,11H,3-4,10H2,1-2H3. The lowest BCUT2D eigenvalue weighted by atomic mass is 10.4. The molecule has 0 radical (unpaired) electrons. The lowest BCUT2D eigenvalue weighted by molar-refractivity contribution is 0.204. The molecule has 0 aliphatic carbocycles. The average molecular weight is 248 g/mol. The SMILES string of the molecule is CCOP(=O)(OCC)C(NN)c1ccco1. The Bertz CT molecular complexity index is 331. The smallest absolute Gasteiger partial charge is 0.356 e. The summed E-state index contributed by atoms with van der Waals surface area (Å²) >= 11 is 0. The summed E-state index contributed by atoms with van der Waals surface area (Å²) in [4.78, 5) is 0. The molecule has 0 bridgehead atoms. The predicted molar refractivity (Wildman–Crippen MR) is 59.6 cm³/mol. The molecule has 0 aliphatic rings. The number of rotatable bonds is 7. The molecule has 6 nitrogen and oxygen atoms in total. The van der Waals surface area contributed by atoms with Gasteiger partial charge in [0.15, 0.2) is 5.78 Å². The predicted octanol–water partition coefficient (Wildman–Crippen LogP) is 2.01. The van der Waals surface area contributed by atoms with E-state index in [2.05, 4.69) is 5.43 Å². The first-order valence-corrected chi connectivity index (χ1v) is 6.67. The minimum Gasteiger partial charge on any atom is -0.467 e. The minimum atomic E-state index is -3.35. The van der Waals surface area contributed by atoms with E-state index in [0.29, 0.717) is 5.76 Å². The van der Waals surface area contributed by atoms with Gasteiger partial charge in [-0.15, -0.1) is 0 Å². The molecule has 92 valence electrons. The van der Waals surface area contributed by atoms with Gasteiger partial charge in [-0.2, -0.15) is 0 Å². The van der Waals surface area contributed by atoms with Gasteiger partial charge in [-0.3, -0.25) is 10.4 Å². The van der Waals surface area contributed by atoms with Crippen LogP contribution in [0.4, 0.5) is 0 Å². The fourth-order valence-corrected chi connectivity index (χ4v) is 3.06. The van der Waals surface area contributed by atoms with Crippen molar-refractivity contribution in [3.05, 3.63) is 24.2 Å². The fraction of sp³-hybridized carbons (Fsp3) is 0.556. The second-order valence-electron chi connectivity index (χ2n) is 2.96. The zero-order chi connectivity index (χ0) is 12.0. The summed E-state index contributed by atoms with van der Waals surface area (Å²) in [6.07, 6.45) is 1.47. The molecule has 0 fully saturated rings. The Hall–Kier alpha value is -0.650. The maximum Gasteiger partial charge on any atom is 0.356 e. The van der Waals surface area contributed by atoms with Crippen LogP contribution in [0, 0.1) is 0 Å². The van der Waals surface area contributed by atoms with E-state index in [1.807, 2.05) is 0 Å². The van der Waals surface area contributed by atoms with Crippen LogP contribution < -0.4 is 11.3 Å². The Morgan fingerprint density at radius 1 is 1.50 bits per heavy atom. The van der Waals surface area contributed by atoms with Gasteiger partial charge in [0.1, 0.15) is 5.76 Å². The van der Waals surface area contributed by atoms with Crippen LogP contribution in [0.3, 0.4) is 0 Å². The molecular weight excluding hydrogens is 231 g/mol. The van der Waals surface area contributed by atoms with Crippen LogP contribution in [0.1, 0.15) is 25.4 Å². The molecule has 1 aromatic rings. The highest BCUT2D eigenvalue weighted by atomic mass is 31.2. The Morgan fingerprint density at radius 3 is 2.50 bits per heavy atom. The van der Waals surface area contributed by atoms with Crippen molar-refractivity contribution < 1.29 is 18.0 Å². The van der Waals surface area contributed by atoms with E-state index in [0.717, 1.165) is 0 Å². The summed E-state index contributed by atoms with van der Waals surface area (Å²) in [6, 6.07) is 3.34. The molecular formula is C9H17N2O4P. The quantitative estimate of drug-likeness (QED) is 0.436. The van der Waals surface area contributed by atoms with Crippen LogP contribution in [0.15, 0.2) is 22.8 Å². The molecule has 1 aromatic heterocycles. The summed E-state index contributed by atoms with van der Waals surface area (Å²) < 4.78 is 27.9. The largest absolute Gasteiger partial charge is 0.467 e. The summed E-state index contributed by atoms with van der Waals surface area (Å²) in [5.41, 5.74) is 2.41. The van der Waals surface area contributed by atoms with Crippen molar-refractivity contribution in [1.29, 1.82) is 0 Å². The van der Waals surface area contributed by atoms with Crippen molar-refractivity contribution in [2.45, 2.75) is 19.6 Å². The molecule has 1 unspecified atom stereocenters. The second kappa shape index (κ2) is 6.18. The number of hydrogen-bond donors (Lipinski definition) is 2. The Morgan fingerprint density at radius 2 is 2.12 bits per heavy atom. The lowest BCUT2D eigenvalue weighted by Gasteiger charge is -2.23. The monoisotopic (exact) mass is 248 g/mol. The number of nitrogens with two attached hydrogens (primary N) is 1. The molecule has 0 aromatic carbocycles. The van der Waals surface area contributed by atoms with Gasteiger partial charge in [0, 0.05) is 0 Å². The lowest BCUT2D eigenvalue weighted by Crippen LogP contribution is -2.29. The van der Waals surface area contributed by atoms with Crippen molar-refractivity contribution in [2.75, 3.05) is 13.2 Å². The number of hydrogen-bond acceptors (Lipinski definition) is 6. The molecule has 7 heteroatoms. The van der Waals surface area contributed by atoms with Crippen molar-refractivity contribution in [3.63, 3.8) is 0 Å². The maximum atomic E-state index is 12.4. The molecule has 16 heavy (non-hydrogen) atoms. The molecule has 1 atom stereocenters. The zero-order valence-electron chi connectivity index (χ0n) is 9.38. The average Bonchev–Trinajstić information content (AvgIpc) is 2.72. The van der Waals surface area contributed by atoms with Crippen LogP contribution in [0.2, 0.25) is 0 Å². The maximum absolute atomic E-state index is 12.4. The first kappa shape index (κ1) is 13.4. The van der Waals surface area contributed by atoms with E-state index < -0.39 is 13.4 Å². The Kier molecular flexibility index (Phi) is 5.18. The van der Waals surface area contributed by atoms with Crippen molar-refractivity contribution >= 4 is 7.60 Å². The highest BCUT2D eigenvalue weighted by molar-refractivity contribution is 7.54. The highest BCUT2D eigenvalue weighted by Gasteiger charge is 2.38. The molecule has 1 heterocycles.